The minimum absolute atomic E-state index is 0.000219. The van der Waals surface area contributed by atoms with E-state index in [0.717, 1.165) is 30.4 Å². The lowest BCUT2D eigenvalue weighted by Gasteiger charge is -2.31. The quantitative estimate of drug-likeness (QED) is 0.294. The van der Waals surface area contributed by atoms with Crippen molar-refractivity contribution in [2.45, 2.75) is 71.1 Å². The largest absolute Gasteiger partial charge is 0.488 e. The van der Waals surface area contributed by atoms with Crippen LogP contribution in [0.25, 0.3) is 11.1 Å². The van der Waals surface area contributed by atoms with E-state index in [-0.39, 0.29) is 11.9 Å². The molecule has 0 amide bonds. The maximum Gasteiger partial charge on any atom is 0.173 e. The monoisotopic (exact) mass is 418 g/mol. The number of benzene rings is 2. The average Bonchev–Trinajstić information content (AvgIpc) is 2.59. The molecular weight excluding hydrogens is 383 g/mol. The van der Waals surface area contributed by atoms with Crippen molar-refractivity contribution < 1.29 is 13.2 Å². The second kappa shape index (κ2) is 9.85. The Hall–Kier alpha value is -1.44. The number of hydrogen-bond acceptors (Lipinski definition) is 2. The molecule has 2 rings (SSSR count). The fourth-order valence-corrected chi connectivity index (χ4v) is 11.7. The van der Waals surface area contributed by atoms with Gasteiger partial charge < -0.3 is 8.85 Å². The minimum Gasteiger partial charge on any atom is -0.488 e. The van der Waals surface area contributed by atoms with Gasteiger partial charge in [-0.2, -0.15) is 0 Å². The van der Waals surface area contributed by atoms with Crippen LogP contribution in [0.4, 0.5) is 4.39 Å². The van der Waals surface area contributed by atoms with Crippen LogP contribution in [0.2, 0.25) is 38.8 Å². The summed E-state index contributed by atoms with van der Waals surface area (Å²) in [4.78, 5) is 0. The Morgan fingerprint density at radius 3 is 2.18 bits per heavy atom. The summed E-state index contributed by atoms with van der Waals surface area (Å²) in [6.45, 7) is 13.4. The summed E-state index contributed by atoms with van der Waals surface area (Å²) in [7, 11) is -3.04. The van der Waals surface area contributed by atoms with Crippen molar-refractivity contribution >= 4 is 16.6 Å². The summed E-state index contributed by atoms with van der Waals surface area (Å²) >= 11 is 0. The molecule has 0 bridgehead atoms. The van der Waals surface area contributed by atoms with E-state index in [1.54, 1.807) is 12.1 Å². The molecule has 0 aliphatic heterocycles. The maximum absolute atomic E-state index is 14.5. The van der Waals surface area contributed by atoms with Crippen LogP contribution < -0.4 is 4.74 Å². The van der Waals surface area contributed by atoms with Gasteiger partial charge in [-0.25, -0.2) is 4.39 Å². The molecule has 0 aromatic heterocycles. The van der Waals surface area contributed by atoms with Crippen molar-refractivity contribution in [2.24, 2.45) is 0 Å². The van der Waals surface area contributed by atoms with Gasteiger partial charge in [-0.15, -0.1) is 0 Å². The van der Waals surface area contributed by atoms with Crippen molar-refractivity contribution in [1.82, 2.24) is 0 Å². The molecule has 0 aliphatic rings. The summed E-state index contributed by atoms with van der Waals surface area (Å²) in [6, 6.07) is 16.2. The molecule has 0 N–H and O–H groups in total. The van der Waals surface area contributed by atoms with E-state index < -0.39 is 16.6 Å². The highest BCUT2D eigenvalue weighted by atomic mass is 28.4. The highest BCUT2D eigenvalue weighted by molar-refractivity contribution is 6.84. The Morgan fingerprint density at radius 2 is 1.57 bits per heavy atom. The van der Waals surface area contributed by atoms with Crippen LogP contribution in [0, 0.1) is 5.82 Å². The summed E-state index contributed by atoms with van der Waals surface area (Å²) in [5.41, 5.74) is 1.88. The van der Waals surface area contributed by atoms with Crippen LogP contribution >= 0.6 is 0 Å². The predicted octanol–water partition coefficient (Wildman–Crippen LogP) is 7.49. The van der Waals surface area contributed by atoms with Crippen molar-refractivity contribution in [3.8, 4) is 16.9 Å². The molecule has 0 saturated heterocycles. The number of rotatable bonds is 10. The molecule has 0 unspecified atom stereocenters. The second-order valence-electron chi connectivity index (χ2n) is 9.16. The topological polar surface area (TPSA) is 18.5 Å². The SMILES string of the molecule is C[C@@H](CCCC[Si](C)(C)O[Si](C)(C)C)Oc1ccc(-c2ccccc2)cc1F. The summed E-state index contributed by atoms with van der Waals surface area (Å²) in [5.74, 6) is 0.0363. The Morgan fingerprint density at radius 1 is 0.893 bits per heavy atom. The minimum atomic E-state index is -1.57. The predicted molar refractivity (Wildman–Crippen MR) is 122 cm³/mol. The Bertz CT molecular complexity index is 742. The van der Waals surface area contributed by atoms with Crippen molar-refractivity contribution in [3.63, 3.8) is 0 Å². The Balaban J connectivity index is 1.81. The summed E-state index contributed by atoms with van der Waals surface area (Å²) in [5, 5.41) is 0. The third-order valence-electron chi connectivity index (χ3n) is 4.59. The molecule has 28 heavy (non-hydrogen) atoms. The first kappa shape index (κ1) is 22.8. The van der Waals surface area contributed by atoms with Crippen LogP contribution in [-0.4, -0.2) is 22.7 Å². The number of halogens is 1. The first-order valence-electron chi connectivity index (χ1n) is 10.3. The summed E-state index contributed by atoms with van der Waals surface area (Å²) < 4.78 is 26.7. The van der Waals surface area contributed by atoms with Gasteiger partial charge in [0.05, 0.1) is 6.10 Å². The van der Waals surface area contributed by atoms with E-state index in [4.69, 9.17) is 8.85 Å². The standard InChI is InChI=1S/C23H35FO2Si2/c1-19(12-10-11-17-28(5,6)26-27(2,3)4)25-23-16-15-21(18-22(23)24)20-13-8-7-9-14-20/h7-9,13-16,18-19H,10-12,17H2,1-6H3/t19-/m0/s1. The van der Waals surface area contributed by atoms with Gasteiger partial charge in [0, 0.05) is 0 Å². The van der Waals surface area contributed by atoms with Crippen molar-refractivity contribution in [2.75, 3.05) is 0 Å². The molecule has 2 aromatic carbocycles. The molecule has 2 nitrogen and oxygen atoms in total. The fraction of sp³-hybridized carbons (Fsp3) is 0.478. The second-order valence-corrected chi connectivity index (χ2v) is 18.2. The van der Waals surface area contributed by atoms with Gasteiger partial charge in [0.2, 0.25) is 0 Å². The number of unbranched alkanes of at least 4 members (excludes halogenated alkanes) is 1. The van der Waals surface area contributed by atoms with E-state index in [0.29, 0.717) is 5.75 Å². The highest BCUT2D eigenvalue weighted by Gasteiger charge is 2.28. The zero-order valence-corrected chi connectivity index (χ0v) is 20.2. The van der Waals surface area contributed by atoms with Gasteiger partial charge in [0.1, 0.15) is 0 Å². The zero-order chi connectivity index (χ0) is 20.8. The van der Waals surface area contributed by atoms with Crippen LogP contribution in [0.1, 0.15) is 26.2 Å². The lowest BCUT2D eigenvalue weighted by molar-refractivity contribution is 0.198. The van der Waals surface area contributed by atoms with Crippen molar-refractivity contribution in [3.05, 3.63) is 54.3 Å². The van der Waals surface area contributed by atoms with Gasteiger partial charge in [-0.05, 0) is 81.8 Å². The lowest BCUT2D eigenvalue weighted by atomic mass is 10.1. The van der Waals surface area contributed by atoms with E-state index >= 15 is 0 Å². The molecule has 0 aliphatic carbocycles. The van der Waals surface area contributed by atoms with Crippen LogP contribution in [0.3, 0.4) is 0 Å². The molecule has 0 saturated carbocycles. The van der Waals surface area contributed by atoms with Gasteiger partial charge in [0.25, 0.3) is 0 Å². The zero-order valence-electron chi connectivity index (χ0n) is 18.2. The Labute approximate surface area is 172 Å². The van der Waals surface area contributed by atoms with E-state index in [9.17, 15) is 4.39 Å². The molecule has 0 heterocycles. The van der Waals surface area contributed by atoms with Crippen LogP contribution in [0.5, 0.6) is 5.75 Å². The normalized spacial score (nSPS) is 13.4. The molecule has 5 heteroatoms. The van der Waals surface area contributed by atoms with E-state index in [2.05, 4.69) is 32.7 Å². The third-order valence-corrected chi connectivity index (χ3v) is 10.8. The van der Waals surface area contributed by atoms with E-state index in [1.807, 2.05) is 43.3 Å². The Kier molecular flexibility index (Phi) is 8.04. The molecule has 0 fully saturated rings. The van der Waals surface area contributed by atoms with Gasteiger partial charge in [-0.3, -0.25) is 0 Å². The average molecular weight is 419 g/mol. The number of ether oxygens (including phenoxy) is 1. The third kappa shape index (κ3) is 7.90. The lowest BCUT2D eigenvalue weighted by Crippen LogP contribution is -2.42. The maximum atomic E-state index is 14.5. The molecular formula is C23H35FO2Si2. The fourth-order valence-electron chi connectivity index (χ4n) is 3.54. The van der Waals surface area contributed by atoms with Gasteiger partial charge >= 0.3 is 0 Å². The first-order chi connectivity index (χ1) is 13.1. The van der Waals surface area contributed by atoms with E-state index in [1.165, 1.54) is 6.04 Å². The molecule has 1 atom stereocenters. The molecule has 0 spiro atoms. The first-order valence-corrected chi connectivity index (χ1v) is 16.8. The smallest absolute Gasteiger partial charge is 0.173 e. The molecule has 2 aromatic rings. The number of hydrogen-bond donors (Lipinski definition) is 0. The highest BCUT2D eigenvalue weighted by Crippen LogP contribution is 2.27. The van der Waals surface area contributed by atoms with Crippen molar-refractivity contribution in [1.29, 1.82) is 0 Å². The van der Waals surface area contributed by atoms with Gasteiger partial charge in [0.15, 0.2) is 28.2 Å². The van der Waals surface area contributed by atoms with Gasteiger partial charge in [-0.1, -0.05) is 42.8 Å². The van der Waals surface area contributed by atoms with Crippen LogP contribution in [-0.2, 0) is 4.12 Å². The molecule has 0 radical (unpaired) electrons. The van der Waals surface area contributed by atoms with Crippen LogP contribution in [0.15, 0.2) is 48.5 Å². The summed E-state index contributed by atoms with van der Waals surface area (Å²) in [6.07, 6.45) is 3.15. The molecule has 154 valence electrons.